The highest BCUT2D eigenvalue weighted by molar-refractivity contribution is 5.77. The zero-order valence-electron chi connectivity index (χ0n) is 15.8. The van der Waals surface area contributed by atoms with Gasteiger partial charge in [0.05, 0.1) is 16.5 Å². The quantitative estimate of drug-likeness (QED) is 0.583. The number of likely N-dealkylation sites (N-methyl/N-ethyl adjacent to an activating group) is 1. The summed E-state index contributed by atoms with van der Waals surface area (Å²) in [6.07, 6.45) is 0.842. The van der Waals surface area contributed by atoms with Crippen LogP contribution in [0.3, 0.4) is 0 Å². The summed E-state index contributed by atoms with van der Waals surface area (Å²) in [5, 5.41) is 10.8. The summed E-state index contributed by atoms with van der Waals surface area (Å²) in [6, 6.07) is 4.71. The fraction of sp³-hybridized carbons (Fsp3) is 0.556. The number of fused-ring (bicyclic) bond motifs is 1. The molecule has 146 valence electrons. The van der Waals surface area contributed by atoms with Gasteiger partial charge in [-0.1, -0.05) is 0 Å². The Labute approximate surface area is 156 Å². The van der Waals surface area contributed by atoms with Gasteiger partial charge in [-0.15, -0.1) is 0 Å². The van der Waals surface area contributed by atoms with Gasteiger partial charge in [0.2, 0.25) is 5.91 Å². The predicted octanol–water partition coefficient (Wildman–Crippen LogP) is 1.83. The van der Waals surface area contributed by atoms with Crippen LogP contribution in [0.4, 0.5) is 5.69 Å². The molecule has 9 nitrogen and oxygen atoms in total. The minimum Gasteiger partial charge on any atom is -0.407 e. The van der Waals surface area contributed by atoms with Gasteiger partial charge in [-0.05, 0) is 33.4 Å². The van der Waals surface area contributed by atoms with Gasteiger partial charge in [-0.3, -0.25) is 24.4 Å². The maximum absolute atomic E-state index is 12.5. The van der Waals surface area contributed by atoms with Gasteiger partial charge < -0.3 is 9.32 Å². The fourth-order valence-electron chi connectivity index (χ4n) is 3.53. The topological polar surface area (TPSA) is 102 Å². The molecule has 0 unspecified atom stereocenters. The molecule has 2 atom stereocenters. The highest BCUT2D eigenvalue weighted by Crippen LogP contribution is 2.20. The summed E-state index contributed by atoms with van der Waals surface area (Å²) in [6.45, 7) is 5.95. The number of nitro groups is 1. The van der Waals surface area contributed by atoms with Crippen molar-refractivity contribution >= 4 is 22.7 Å². The molecule has 9 heteroatoms. The van der Waals surface area contributed by atoms with E-state index in [0.717, 1.165) is 0 Å². The molecule has 0 bridgehead atoms. The number of benzene rings is 1. The van der Waals surface area contributed by atoms with Gasteiger partial charge in [0.1, 0.15) is 0 Å². The van der Waals surface area contributed by atoms with E-state index >= 15 is 0 Å². The van der Waals surface area contributed by atoms with E-state index in [1.807, 2.05) is 4.90 Å². The molecule has 1 fully saturated rings. The molecule has 1 aromatic heterocycles. The van der Waals surface area contributed by atoms with Crippen LogP contribution in [0.15, 0.2) is 27.4 Å². The van der Waals surface area contributed by atoms with Crippen LogP contribution in [0.25, 0.3) is 11.1 Å². The second kappa shape index (κ2) is 7.51. The number of carbonyl (C=O) groups is 1. The number of aryl methyl sites for hydroxylation is 1. The third kappa shape index (κ3) is 3.87. The van der Waals surface area contributed by atoms with Crippen LogP contribution in [0.2, 0.25) is 0 Å². The van der Waals surface area contributed by atoms with Crippen LogP contribution in [-0.4, -0.2) is 57.4 Å². The lowest BCUT2D eigenvalue weighted by atomic mass is 10.1. The molecule has 1 aromatic carbocycles. The average molecular weight is 376 g/mol. The van der Waals surface area contributed by atoms with Crippen molar-refractivity contribution < 1.29 is 14.1 Å². The van der Waals surface area contributed by atoms with E-state index < -0.39 is 10.7 Å². The highest BCUT2D eigenvalue weighted by Gasteiger charge is 2.28. The van der Waals surface area contributed by atoms with Gasteiger partial charge >= 0.3 is 5.76 Å². The standard InChI is InChI=1S/C18H24N4O5/c1-12-10-20(11-13(2)19(12)3)17(23)5-4-8-21-15-7-6-14(22(25)26)9-16(15)27-18(21)24/h6-7,9,12-13H,4-5,8,10-11H2,1-3H3/t12-,13+. The summed E-state index contributed by atoms with van der Waals surface area (Å²) < 4.78 is 6.52. The van der Waals surface area contributed by atoms with E-state index in [2.05, 4.69) is 25.8 Å². The van der Waals surface area contributed by atoms with Crippen molar-refractivity contribution in [3.63, 3.8) is 0 Å². The molecular weight excluding hydrogens is 352 g/mol. The van der Waals surface area contributed by atoms with E-state index in [4.69, 9.17) is 4.42 Å². The molecule has 1 aliphatic heterocycles. The van der Waals surface area contributed by atoms with Crippen molar-refractivity contribution in [2.75, 3.05) is 20.1 Å². The number of hydrogen-bond acceptors (Lipinski definition) is 6. The Morgan fingerprint density at radius 2 is 1.96 bits per heavy atom. The monoisotopic (exact) mass is 376 g/mol. The number of aromatic nitrogens is 1. The van der Waals surface area contributed by atoms with E-state index in [1.54, 1.807) is 0 Å². The molecule has 0 N–H and O–H groups in total. The number of piperazine rings is 1. The summed E-state index contributed by atoms with van der Waals surface area (Å²) in [7, 11) is 2.07. The lowest BCUT2D eigenvalue weighted by Gasteiger charge is -2.42. The van der Waals surface area contributed by atoms with E-state index in [9.17, 15) is 19.7 Å². The van der Waals surface area contributed by atoms with Crippen LogP contribution in [0.5, 0.6) is 0 Å². The number of oxazole rings is 1. The first-order valence-electron chi connectivity index (χ1n) is 9.05. The van der Waals surface area contributed by atoms with Crippen LogP contribution >= 0.6 is 0 Å². The molecule has 1 amide bonds. The van der Waals surface area contributed by atoms with Crippen molar-refractivity contribution in [3.8, 4) is 0 Å². The first-order chi connectivity index (χ1) is 12.8. The maximum Gasteiger partial charge on any atom is 0.419 e. The zero-order chi connectivity index (χ0) is 19.7. The third-order valence-corrected chi connectivity index (χ3v) is 5.35. The summed E-state index contributed by atoms with van der Waals surface area (Å²) >= 11 is 0. The van der Waals surface area contributed by atoms with Gasteiger partial charge in [-0.2, -0.15) is 0 Å². The predicted molar refractivity (Wildman–Crippen MR) is 99.6 cm³/mol. The Kier molecular flexibility index (Phi) is 5.31. The Morgan fingerprint density at radius 3 is 2.59 bits per heavy atom. The number of amides is 1. The van der Waals surface area contributed by atoms with Gasteiger partial charge in [-0.25, -0.2) is 4.79 Å². The fourth-order valence-corrected chi connectivity index (χ4v) is 3.53. The Bertz CT molecular complexity index is 906. The Balaban J connectivity index is 1.64. The van der Waals surface area contributed by atoms with Crippen molar-refractivity contribution in [2.45, 2.75) is 45.3 Å². The largest absolute Gasteiger partial charge is 0.419 e. The molecule has 1 aliphatic rings. The molecular formula is C18H24N4O5. The average Bonchev–Trinajstić information content (AvgIpc) is 2.93. The van der Waals surface area contributed by atoms with Crippen LogP contribution < -0.4 is 5.76 Å². The van der Waals surface area contributed by atoms with Crippen LogP contribution in [-0.2, 0) is 11.3 Å². The molecule has 0 aliphatic carbocycles. The van der Waals surface area contributed by atoms with Crippen molar-refractivity contribution in [2.24, 2.45) is 0 Å². The second-order valence-electron chi connectivity index (χ2n) is 7.19. The van der Waals surface area contributed by atoms with E-state index in [-0.39, 0.29) is 17.2 Å². The molecule has 0 radical (unpaired) electrons. The summed E-state index contributed by atoms with van der Waals surface area (Å²) in [4.78, 5) is 39.0. The minimum atomic E-state index is -0.570. The number of hydrogen-bond donors (Lipinski definition) is 0. The first kappa shape index (κ1) is 19.1. The normalized spacial score (nSPS) is 20.9. The number of carbonyl (C=O) groups excluding carboxylic acids is 1. The Hall–Kier alpha value is -2.68. The van der Waals surface area contributed by atoms with Crippen molar-refractivity contribution in [1.29, 1.82) is 0 Å². The molecule has 1 saturated heterocycles. The number of nitrogens with zero attached hydrogens (tertiary/aromatic N) is 4. The molecule has 2 heterocycles. The van der Waals surface area contributed by atoms with Gasteiger partial charge in [0, 0.05) is 44.2 Å². The first-order valence-corrected chi connectivity index (χ1v) is 9.05. The molecule has 27 heavy (non-hydrogen) atoms. The lowest BCUT2D eigenvalue weighted by molar-refractivity contribution is -0.384. The lowest BCUT2D eigenvalue weighted by Crippen LogP contribution is -2.56. The Morgan fingerprint density at radius 1 is 1.30 bits per heavy atom. The maximum atomic E-state index is 12.5. The number of rotatable bonds is 5. The highest BCUT2D eigenvalue weighted by atomic mass is 16.6. The summed E-state index contributed by atoms with van der Waals surface area (Å²) in [5.41, 5.74) is 0.555. The summed E-state index contributed by atoms with van der Waals surface area (Å²) in [5.74, 6) is -0.488. The SMILES string of the molecule is C[C@@H]1CN(C(=O)CCCn2c(=O)oc3cc([N+](=O)[O-])ccc32)C[C@H](C)N1C. The third-order valence-electron chi connectivity index (χ3n) is 5.35. The van der Waals surface area contributed by atoms with Crippen molar-refractivity contribution in [1.82, 2.24) is 14.4 Å². The van der Waals surface area contributed by atoms with Gasteiger partial charge in [0.25, 0.3) is 5.69 Å². The van der Waals surface area contributed by atoms with Crippen molar-refractivity contribution in [3.05, 3.63) is 38.9 Å². The second-order valence-corrected chi connectivity index (χ2v) is 7.19. The van der Waals surface area contributed by atoms with Crippen LogP contribution in [0, 0.1) is 10.1 Å². The smallest absolute Gasteiger partial charge is 0.407 e. The molecule has 3 rings (SSSR count). The molecule has 2 aromatic rings. The minimum absolute atomic E-state index is 0.0817. The van der Waals surface area contributed by atoms with E-state index in [0.29, 0.717) is 50.1 Å². The zero-order valence-corrected chi connectivity index (χ0v) is 15.8. The number of non-ortho nitro benzene ring substituents is 1. The van der Waals surface area contributed by atoms with Crippen LogP contribution in [0.1, 0.15) is 26.7 Å². The molecule has 0 spiro atoms. The molecule has 0 saturated carbocycles. The van der Waals surface area contributed by atoms with Gasteiger partial charge in [0.15, 0.2) is 5.58 Å². The number of nitro benzene ring substituents is 1. The van der Waals surface area contributed by atoms with E-state index in [1.165, 1.54) is 22.8 Å².